The number of hydrogen-bond acceptors (Lipinski definition) is 5. The first-order chi connectivity index (χ1) is 10.2. The molecule has 0 fully saturated rings. The summed E-state index contributed by atoms with van der Waals surface area (Å²) in [6.45, 7) is 0. The molecule has 1 amide bonds. The first-order valence-electron chi connectivity index (χ1n) is 6.01. The van der Waals surface area contributed by atoms with Crippen LogP contribution in [0.5, 0.6) is 0 Å². The van der Waals surface area contributed by atoms with Crippen LogP contribution in [0.1, 0.15) is 10.5 Å². The zero-order chi connectivity index (χ0) is 14.7. The quantitative estimate of drug-likeness (QED) is 0.807. The Labute approximate surface area is 123 Å². The highest BCUT2D eigenvalue weighted by Gasteiger charge is 2.11. The van der Waals surface area contributed by atoms with Crippen molar-refractivity contribution in [1.29, 1.82) is 0 Å². The van der Waals surface area contributed by atoms with Gasteiger partial charge in [0.05, 0.1) is 11.9 Å². The van der Waals surface area contributed by atoms with Crippen LogP contribution in [0.2, 0.25) is 0 Å². The Balaban J connectivity index is 1.76. The SMILES string of the molecule is O=C(Nc1nc(-c2ccc(F)cc2)cs1)c1cnccn1. The van der Waals surface area contributed by atoms with Crippen LogP contribution in [0.3, 0.4) is 0 Å². The number of aromatic nitrogens is 3. The highest BCUT2D eigenvalue weighted by atomic mass is 32.1. The van der Waals surface area contributed by atoms with Gasteiger partial charge in [-0.3, -0.25) is 15.1 Å². The van der Waals surface area contributed by atoms with Crippen molar-refractivity contribution >= 4 is 22.4 Å². The molecule has 1 N–H and O–H groups in total. The molecule has 0 spiro atoms. The number of carbonyl (C=O) groups excluding carboxylic acids is 1. The van der Waals surface area contributed by atoms with E-state index in [9.17, 15) is 9.18 Å². The van der Waals surface area contributed by atoms with Crippen LogP contribution in [0.4, 0.5) is 9.52 Å². The third kappa shape index (κ3) is 3.09. The Kier molecular flexibility index (Phi) is 3.65. The minimum atomic E-state index is -0.372. The van der Waals surface area contributed by atoms with Crippen molar-refractivity contribution in [2.24, 2.45) is 0 Å². The fourth-order valence-corrected chi connectivity index (χ4v) is 2.38. The molecule has 7 heteroatoms. The van der Waals surface area contributed by atoms with Gasteiger partial charge in [0.1, 0.15) is 11.5 Å². The minimum absolute atomic E-state index is 0.219. The van der Waals surface area contributed by atoms with E-state index in [1.807, 2.05) is 0 Å². The molecule has 0 bridgehead atoms. The number of thiazole rings is 1. The monoisotopic (exact) mass is 300 g/mol. The van der Waals surface area contributed by atoms with Gasteiger partial charge in [-0.05, 0) is 24.3 Å². The number of carbonyl (C=O) groups is 1. The molecule has 0 saturated heterocycles. The second-order valence-electron chi connectivity index (χ2n) is 4.09. The molecule has 1 aromatic carbocycles. The first-order valence-corrected chi connectivity index (χ1v) is 6.89. The van der Waals surface area contributed by atoms with E-state index in [1.54, 1.807) is 17.5 Å². The number of nitrogens with zero attached hydrogens (tertiary/aromatic N) is 3. The number of amides is 1. The van der Waals surface area contributed by atoms with Crippen LogP contribution >= 0.6 is 11.3 Å². The first kappa shape index (κ1) is 13.3. The summed E-state index contributed by atoms with van der Waals surface area (Å²) in [6.07, 6.45) is 4.32. The van der Waals surface area contributed by atoms with Gasteiger partial charge >= 0.3 is 0 Å². The van der Waals surface area contributed by atoms with Crippen LogP contribution in [0.25, 0.3) is 11.3 Å². The van der Waals surface area contributed by atoms with Gasteiger partial charge in [-0.15, -0.1) is 11.3 Å². The molecular weight excluding hydrogens is 291 g/mol. The third-order valence-corrected chi connectivity index (χ3v) is 3.42. The van der Waals surface area contributed by atoms with Crippen molar-refractivity contribution < 1.29 is 9.18 Å². The Hall–Kier alpha value is -2.67. The maximum absolute atomic E-state index is 12.9. The van der Waals surface area contributed by atoms with Crippen LogP contribution in [-0.2, 0) is 0 Å². The Morgan fingerprint density at radius 3 is 2.71 bits per heavy atom. The lowest BCUT2D eigenvalue weighted by Crippen LogP contribution is -2.13. The van der Waals surface area contributed by atoms with Crippen LogP contribution in [0.15, 0.2) is 48.2 Å². The van der Waals surface area contributed by atoms with E-state index in [-0.39, 0.29) is 17.4 Å². The normalized spacial score (nSPS) is 10.3. The molecule has 0 radical (unpaired) electrons. The maximum Gasteiger partial charge on any atom is 0.277 e. The van der Waals surface area contributed by atoms with E-state index < -0.39 is 0 Å². The predicted octanol–water partition coefficient (Wildman–Crippen LogP) is 2.99. The summed E-state index contributed by atoms with van der Waals surface area (Å²) in [6, 6.07) is 6.01. The Bertz CT molecular complexity index is 758. The van der Waals surface area contributed by atoms with Gasteiger partial charge in [0.15, 0.2) is 5.13 Å². The third-order valence-electron chi connectivity index (χ3n) is 2.66. The second kappa shape index (κ2) is 5.76. The van der Waals surface area contributed by atoms with E-state index in [4.69, 9.17) is 0 Å². The average Bonchev–Trinajstić information content (AvgIpc) is 2.97. The lowest BCUT2D eigenvalue weighted by atomic mass is 10.2. The number of rotatable bonds is 3. The molecule has 21 heavy (non-hydrogen) atoms. The van der Waals surface area contributed by atoms with Crippen LogP contribution in [-0.4, -0.2) is 20.9 Å². The molecule has 104 valence electrons. The zero-order valence-electron chi connectivity index (χ0n) is 10.7. The number of halogens is 1. The van der Waals surface area contributed by atoms with E-state index in [0.29, 0.717) is 10.8 Å². The number of nitrogens with one attached hydrogen (secondary N) is 1. The van der Waals surface area contributed by atoms with Gasteiger partial charge in [-0.25, -0.2) is 14.4 Å². The fraction of sp³-hybridized carbons (Fsp3) is 0. The average molecular weight is 300 g/mol. The largest absolute Gasteiger partial charge is 0.296 e. The lowest BCUT2D eigenvalue weighted by molar-refractivity contribution is 0.102. The number of hydrogen-bond donors (Lipinski definition) is 1. The molecule has 2 heterocycles. The van der Waals surface area contributed by atoms with Gasteiger partial charge < -0.3 is 0 Å². The highest BCUT2D eigenvalue weighted by molar-refractivity contribution is 7.14. The summed E-state index contributed by atoms with van der Waals surface area (Å²) in [5.74, 6) is -0.673. The molecule has 0 aliphatic rings. The van der Waals surface area contributed by atoms with Gasteiger partial charge in [-0.2, -0.15) is 0 Å². The standard InChI is InChI=1S/C14H9FN4OS/c15-10-3-1-9(2-4-10)12-8-21-14(18-12)19-13(20)11-7-16-5-6-17-11/h1-8H,(H,18,19,20). The van der Waals surface area contributed by atoms with Crippen molar-refractivity contribution in [3.8, 4) is 11.3 Å². The Morgan fingerprint density at radius 1 is 1.19 bits per heavy atom. The highest BCUT2D eigenvalue weighted by Crippen LogP contribution is 2.25. The van der Waals surface area contributed by atoms with E-state index in [2.05, 4.69) is 20.3 Å². The topological polar surface area (TPSA) is 67.8 Å². The van der Waals surface area contributed by atoms with Crippen molar-refractivity contribution in [2.45, 2.75) is 0 Å². The maximum atomic E-state index is 12.9. The molecule has 3 rings (SSSR count). The number of anilines is 1. The summed E-state index contributed by atoms with van der Waals surface area (Å²) in [5, 5.41) is 4.89. The molecule has 2 aromatic heterocycles. The van der Waals surface area contributed by atoms with E-state index in [0.717, 1.165) is 5.56 Å². The molecular formula is C14H9FN4OS. The number of benzene rings is 1. The van der Waals surface area contributed by atoms with Crippen molar-refractivity contribution in [3.05, 3.63) is 59.7 Å². The van der Waals surface area contributed by atoms with Crippen LogP contribution < -0.4 is 5.32 Å². The summed E-state index contributed by atoms with van der Waals surface area (Å²) >= 11 is 1.29. The minimum Gasteiger partial charge on any atom is -0.296 e. The van der Waals surface area contributed by atoms with Gasteiger partial charge in [-0.1, -0.05) is 0 Å². The molecule has 0 saturated carbocycles. The summed E-state index contributed by atoms with van der Waals surface area (Å²) in [7, 11) is 0. The van der Waals surface area contributed by atoms with Crippen LogP contribution in [0, 0.1) is 5.82 Å². The van der Waals surface area contributed by atoms with Crippen molar-refractivity contribution in [2.75, 3.05) is 5.32 Å². The zero-order valence-corrected chi connectivity index (χ0v) is 11.5. The molecule has 5 nitrogen and oxygen atoms in total. The summed E-state index contributed by atoms with van der Waals surface area (Å²) in [4.78, 5) is 23.9. The van der Waals surface area contributed by atoms with E-state index in [1.165, 1.54) is 42.1 Å². The van der Waals surface area contributed by atoms with Gasteiger partial charge in [0.2, 0.25) is 0 Å². The lowest BCUT2D eigenvalue weighted by Gasteiger charge is -1.99. The molecule has 0 unspecified atom stereocenters. The Morgan fingerprint density at radius 2 is 2.00 bits per heavy atom. The van der Waals surface area contributed by atoms with E-state index >= 15 is 0 Å². The molecule has 3 aromatic rings. The van der Waals surface area contributed by atoms with Gasteiger partial charge in [0, 0.05) is 23.3 Å². The summed E-state index contributed by atoms with van der Waals surface area (Å²) in [5.41, 5.74) is 1.68. The fourth-order valence-electron chi connectivity index (χ4n) is 1.66. The molecule has 0 aliphatic heterocycles. The van der Waals surface area contributed by atoms with Gasteiger partial charge in [0.25, 0.3) is 5.91 Å². The summed E-state index contributed by atoms with van der Waals surface area (Å²) < 4.78 is 12.9. The van der Waals surface area contributed by atoms with Crippen molar-refractivity contribution in [3.63, 3.8) is 0 Å². The predicted molar refractivity (Wildman–Crippen MR) is 77.5 cm³/mol. The molecule has 0 aliphatic carbocycles. The molecule has 0 atom stereocenters. The van der Waals surface area contributed by atoms with Crippen molar-refractivity contribution in [1.82, 2.24) is 15.0 Å². The second-order valence-corrected chi connectivity index (χ2v) is 4.95. The smallest absolute Gasteiger partial charge is 0.277 e.